The lowest BCUT2D eigenvalue weighted by Gasteiger charge is -2.22. The average Bonchev–Trinajstić information content (AvgIpc) is 2.57. The van der Waals surface area contributed by atoms with Gasteiger partial charge in [-0.25, -0.2) is 4.98 Å². The van der Waals surface area contributed by atoms with Gasteiger partial charge in [-0.05, 0) is 24.3 Å². The smallest absolute Gasteiger partial charge is 0.243 e. The first-order chi connectivity index (χ1) is 11.2. The number of benzene rings is 1. The molecule has 1 aliphatic rings. The maximum atomic E-state index is 12.1. The second-order valence-corrected chi connectivity index (χ2v) is 5.93. The van der Waals surface area contributed by atoms with E-state index in [1.165, 1.54) is 0 Å². The molecule has 1 saturated heterocycles. The number of nitrogens with one attached hydrogen (secondary N) is 2. The van der Waals surface area contributed by atoms with E-state index in [1.807, 2.05) is 24.3 Å². The van der Waals surface area contributed by atoms with Crippen molar-refractivity contribution < 1.29 is 14.3 Å². The lowest BCUT2D eigenvalue weighted by atomic mass is 10.2. The number of halogens is 3. The van der Waals surface area contributed by atoms with Gasteiger partial charge in [0.25, 0.3) is 0 Å². The average molecular weight is 451 g/mol. The molecule has 0 aliphatic carbocycles. The summed E-state index contributed by atoms with van der Waals surface area (Å²) in [6.45, 7) is 1.69. The lowest BCUT2D eigenvalue weighted by Crippen LogP contribution is -2.48. The molecule has 6 nitrogen and oxygen atoms in total. The largest absolute Gasteiger partial charge is 0.439 e. The van der Waals surface area contributed by atoms with Gasteiger partial charge in [-0.15, -0.1) is 24.8 Å². The fourth-order valence-corrected chi connectivity index (χ4v) is 2.51. The SMILES string of the molecule is Cl.Cl.O=C(Nc1ccc(Oc2cccc(Br)c2)nc1)C1COCCN1. The third-order valence-electron chi connectivity index (χ3n) is 3.26. The number of rotatable bonds is 4. The van der Waals surface area contributed by atoms with E-state index in [2.05, 4.69) is 31.5 Å². The van der Waals surface area contributed by atoms with Crippen LogP contribution in [0.5, 0.6) is 11.6 Å². The molecule has 1 aromatic heterocycles. The van der Waals surface area contributed by atoms with Crippen molar-refractivity contribution in [3.8, 4) is 11.6 Å². The molecule has 0 radical (unpaired) electrons. The highest BCUT2D eigenvalue weighted by atomic mass is 79.9. The predicted octanol–water partition coefficient (Wildman–Crippen LogP) is 3.41. The monoisotopic (exact) mass is 449 g/mol. The fraction of sp³-hybridized carbons (Fsp3) is 0.250. The Labute approximate surface area is 166 Å². The molecular formula is C16H18BrCl2N3O3. The van der Waals surface area contributed by atoms with Gasteiger partial charge in [0.1, 0.15) is 11.8 Å². The first kappa shape index (κ1) is 21.7. The second kappa shape index (κ2) is 10.6. The van der Waals surface area contributed by atoms with Crippen molar-refractivity contribution >= 4 is 52.3 Å². The van der Waals surface area contributed by atoms with Crippen molar-refractivity contribution in [1.29, 1.82) is 0 Å². The molecule has 1 fully saturated rings. The Balaban J connectivity index is 0.00000156. The van der Waals surface area contributed by atoms with Crippen molar-refractivity contribution in [3.05, 3.63) is 47.1 Å². The molecule has 1 aliphatic heterocycles. The van der Waals surface area contributed by atoms with Crippen molar-refractivity contribution in [2.75, 3.05) is 25.1 Å². The number of hydrogen-bond donors (Lipinski definition) is 2. The van der Waals surface area contributed by atoms with Crippen molar-refractivity contribution in [1.82, 2.24) is 10.3 Å². The van der Waals surface area contributed by atoms with Crippen molar-refractivity contribution in [2.45, 2.75) is 6.04 Å². The zero-order valence-corrected chi connectivity index (χ0v) is 16.3. The van der Waals surface area contributed by atoms with Gasteiger partial charge in [0, 0.05) is 17.1 Å². The minimum Gasteiger partial charge on any atom is -0.439 e. The standard InChI is InChI=1S/C16H16BrN3O3.2ClH/c17-11-2-1-3-13(8-11)23-15-5-4-12(9-19-15)20-16(21)14-10-22-7-6-18-14;;/h1-5,8-9,14,18H,6-7,10H2,(H,20,21);2*1H. The Kier molecular flexibility index (Phi) is 9.16. The maximum absolute atomic E-state index is 12.1. The molecule has 0 bridgehead atoms. The van der Waals surface area contributed by atoms with E-state index in [0.29, 0.717) is 37.1 Å². The summed E-state index contributed by atoms with van der Waals surface area (Å²) in [6, 6.07) is 10.6. The number of aromatic nitrogens is 1. The molecule has 2 aromatic rings. The van der Waals surface area contributed by atoms with E-state index in [-0.39, 0.29) is 36.8 Å². The zero-order chi connectivity index (χ0) is 16.1. The van der Waals surface area contributed by atoms with Gasteiger partial charge in [-0.1, -0.05) is 22.0 Å². The number of morpholine rings is 1. The van der Waals surface area contributed by atoms with Crippen LogP contribution in [0.2, 0.25) is 0 Å². The third kappa shape index (κ3) is 6.45. The highest BCUT2D eigenvalue weighted by Crippen LogP contribution is 2.23. The first-order valence-electron chi connectivity index (χ1n) is 7.22. The Bertz CT molecular complexity index is 683. The summed E-state index contributed by atoms with van der Waals surface area (Å²) in [7, 11) is 0. The number of carbonyl (C=O) groups excluding carboxylic acids is 1. The molecule has 1 atom stereocenters. The predicted molar refractivity (Wildman–Crippen MR) is 104 cm³/mol. The summed E-state index contributed by atoms with van der Waals surface area (Å²) < 4.78 is 11.9. The molecule has 1 amide bonds. The maximum Gasteiger partial charge on any atom is 0.243 e. The van der Waals surface area contributed by atoms with E-state index >= 15 is 0 Å². The van der Waals surface area contributed by atoms with Crippen LogP contribution in [-0.4, -0.2) is 36.7 Å². The molecule has 0 saturated carbocycles. The van der Waals surface area contributed by atoms with Crippen LogP contribution >= 0.6 is 40.7 Å². The number of amides is 1. The van der Waals surface area contributed by atoms with Gasteiger partial charge in [-0.3, -0.25) is 4.79 Å². The van der Waals surface area contributed by atoms with Gasteiger partial charge in [0.2, 0.25) is 11.8 Å². The lowest BCUT2D eigenvalue weighted by molar-refractivity contribution is -0.120. The third-order valence-corrected chi connectivity index (χ3v) is 3.75. The van der Waals surface area contributed by atoms with Crippen LogP contribution in [0.4, 0.5) is 5.69 Å². The van der Waals surface area contributed by atoms with Crippen LogP contribution in [0.1, 0.15) is 0 Å². The van der Waals surface area contributed by atoms with Crippen LogP contribution in [0.15, 0.2) is 47.1 Å². The molecule has 1 unspecified atom stereocenters. The van der Waals surface area contributed by atoms with E-state index in [9.17, 15) is 4.79 Å². The van der Waals surface area contributed by atoms with Gasteiger partial charge in [0.05, 0.1) is 25.1 Å². The number of ether oxygens (including phenoxy) is 2. The van der Waals surface area contributed by atoms with Gasteiger partial charge in [-0.2, -0.15) is 0 Å². The van der Waals surface area contributed by atoms with E-state index in [4.69, 9.17) is 9.47 Å². The number of nitrogens with zero attached hydrogens (tertiary/aromatic N) is 1. The van der Waals surface area contributed by atoms with Crippen molar-refractivity contribution in [2.24, 2.45) is 0 Å². The zero-order valence-electron chi connectivity index (χ0n) is 13.1. The fourth-order valence-electron chi connectivity index (χ4n) is 2.13. The summed E-state index contributed by atoms with van der Waals surface area (Å²) in [4.78, 5) is 16.3. The normalized spacial score (nSPS) is 16.1. The number of pyridine rings is 1. The van der Waals surface area contributed by atoms with Crippen LogP contribution in [0.3, 0.4) is 0 Å². The van der Waals surface area contributed by atoms with E-state index in [1.54, 1.807) is 18.3 Å². The van der Waals surface area contributed by atoms with Crippen molar-refractivity contribution in [3.63, 3.8) is 0 Å². The minimum atomic E-state index is -0.332. The quantitative estimate of drug-likeness (QED) is 0.746. The number of carbonyl (C=O) groups is 1. The Hall–Kier alpha value is -1.38. The molecule has 2 N–H and O–H groups in total. The summed E-state index contributed by atoms with van der Waals surface area (Å²) in [5.74, 6) is 1.01. The Morgan fingerprint density at radius 3 is 2.80 bits per heavy atom. The summed E-state index contributed by atoms with van der Waals surface area (Å²) in [5.41, 5.74) is 0.615. The Morgan fingerprint density at radius 1 is 1.32 bits per heavy atom. The highest BCUT2D eigenvalue weighted by Gasteiger charge is 2.21. The van der Waals surface area contributed by atoms with Crippen LogP contribution in [0.25, 0.3) is 0 Å². The molecule has 9 heteroatoms. The van der Waals surface area contributed by atoms with E-state index < -0.39 is 0 Å². The van der Waals surface area contributed by atoms with Crippen LogP contribution in [-0.2, 0) is 9.53 Å². The molecule has 0 spiro atoms. The first-order valence-corrected chi connectivity index (χ1v) is 8.01. The molecule has 136 valence electrons. The van der Waals surface area contributed by atoms with E-state index in [0.717, 1.165) is 4.47 Å². The van der Waals surface area contributed by atoms with Gasteiger partial charge < -0.3 is 20.1 Å². The number of anilines is 1. The van der Waals surface area contributed by atoms with Gasteiger partial charge >= 0.3 is 0 Å². The van der Waals surface area contributed by atoms with Crippen LogP contribution < -0.4 is 15.4 Å². The molecular weight excluding hydrogens is 433 g/mol. The Morgan fingerprint density at radius 2 is 2.16 bits per heavy atom. The minimum absolute atomic E-state index is 0. The van der Waals surface area contributed by atoms with Gasteiger partial charge in [0.15, 0.2) is 0 Å². The number of hydrogen-bond acceptors (Lipinski definition) is 5. The molecule has 1 aromatic carbocycles. The summed E-state index contributed by atoms with van der Waals surface area (Å²) >= 11 is 3.39. The summed E-state index contributed by atoms with van der Waals surface area (Å²) in [5, 5.41) is 5.91. The molecule has 3 rings (SSSR count). The second-order valence-electron chi connectivity index (χ2n) is 5.02. The molecule has 25 heavy (non-hydrogen) atoms. The topological polar surface area (TPSA) is 72.5 Å². The van der Waals surface area contributed by atoms with Crippen LogP contribution in [0, 0.1) is 0 Å². The molecule has 2 heterocycles. The summed E-state index contributed by atoms with van der Waals surface area (Å²) in [6.07, 6.45) is 1.56. The highest BCUT2D eigenvalue weighted by molar-refractivity contribution is 9.10.